The maximum absolute atomic E-state index is 5.13. The molecule has 2 rings (SSSR count). The molecule has 2 atom stereocenters. The van der Waals surface area contributed by atoms with Crippen LogP contribution in [0.25, 0.3) is 0 Å². The van der Waals surface area contributed by atoms with E-state index in [-0.39, 0.29) is 0 Å². The van der Waals surface area contributed by atoms with E-state index in [9.17, 15) is 0 Å². The minimum Gasteiger partial charge on any atom is -0.369 e. The zero-order valence-electron chi connectivity index (χ0n) is 4.92. The summed E-state index contributed by atoms with van der Waals surface area (Å²) in [6, 6.07) is 0. The quantitative estimate of drug-likeness (QED) is 0.445. The highest BCUT2D eigenvalue weighted by Crippen LogP contribution is 2.45. The van der Waals surface area contributed by atoms with Crippen molar-refractivity contribution in [2.75, 3.05) is 13.6 Å². The summed E-state index contributed by atoms with van der Waals surface area (Å²) in [4.78, 5) is 3.41. The molecule has 1 saturated heterocycles. The Morgan fingerprint density at radius 2 is 2.50 bits per heavy atom. The Morgan fingerprint density at radius 1 is 1.75 bits per heavy atom. The molecule has 1 aliphatic carbocycles. The van der Waals surface area contributed by atoms with E-state index in [2.05, 4.69) is 11.9 Å². The van der Waals surface area contributed by atoms with Gasteiger partial charge < -0.3 is 4.90 Å². The van der Waals surface area contributed by atoms with Gasteiger partial charge >= 0.3 is 0 Å². The van der Waals surface area contributed by atoms with Crippen molar-refractivity contribution in [3.8, 4) is 0 Å². The number of nitrogens with zero attached hydrogens (tertiary/aromatic N) is 1. The second-order valence-electron chi connectivity index (χ2n) is 2.82. The Bertz CT molecular complexity index is 139. The fourth-order valence-electron chi connectivity index (χ4n) is 1.48. The minimum atomic E-state index is 0.815. The lowest BCUT2D eigenvalue weighted by Gasteiger charge is -2.11. The Hall–Kier alpha value is -0.110. The molecule has 0 aromatic carbocycles. The summed E-state index contributed by atoms with van der Waals surface area (Å²) < 4.78 is 0. The first-order valence-corrected chi connectivity index (χ1v) is 3.45. The van der Waals surface area contributed by atoms with Crippen molar-refractivity contribution in [1.82, 2.24) is 4.90 Å². The van der Waals surface area contributed by atoms with E-state index >= 15 is 0 Å². The fourth-order valence-corrected chi connectivity index (χ4v) is 1.84. The molecule has 0 aromatic rings. The largest absolute Gasteiger partial charge is 0.369 e. The van der Waals surface area contributed by atoms with Gasteiger partial charge in [-0.15, -0.1) is 0 Å². The molecule has 0 spiro atoms. The molecule has 0 radical (unpaired) electrons. The van der Waals surface area contributed by atoms with Gasteiger partial charge in [0.15, 0.2) is 0 Å². The lowest BCUT2D eigenvalue weighted by molar-refractivity contribution is 0.515. The zero-order valence-corrected chi connectivity index (χ0v) is 5.74. The van der Waals surface area contributed by atoms with Crippen molar-refractivity contribution in [1.29, 1.82) is 0 Å². The molecule has 8 heavy (non-hydrogen) atoms. The van der Waals surface area contributed by atoms with E-state index in [4.69, 9.17) is 12.2 Å². The highest BCUT2D eigenvalue weighted by atomic mass is 32.1. The first-order chi connectivity index (χ1) is 3.79. The number of hydrogen-bond acceptors (Lipinski definition) is 1. The average Bonchev–Trinajstić information content (AvgIpc) is 2.39. The highest BCUT2D eigenvalue weighted by molar-refractivity contribution is 7.80. The number of piperidine rings is 1. The van der Waals surface area contributed by atoms with Crippen LogP contribution in [0.4, 0.5) is 0 Å². The monoisotopic (exact) mass is 127 g/mol. The molecule has 2 heteroatoms. The summed E-state index contributed by atoms with van der Waals surface area (Å²) in [6.07, 6.45) is 1.38. The van der Waals surface area contributed by atoms with Gasteiger partial charge in [0.05, 0.1) is 4.99 Å². The van der Waals surface area contributed by atoms with Gasteiger partial charge in [-0.3, -0.25) is 0 Å². The van der Waals surface area contributed by atoms with Gasteiger partial charge in [0.25, 0.3) is 0 Å². The topological polar surface area (TPSA) is 3.24 Å². The lowest BCUT2D eigenvalue weighted by Crippen LogP contribution is -2.21. The smallest absolute Gasteiger partial charge is 0.0811 e. The van der Waals surface area contributed by atoms with E-state index in [0.717, 1.165) is 11.8 Å². The summed E-state index contributed by atoms with van der Waals surface area (Å²) in [5.41, 5.74) is 0. The van der Waals surface area contributed by atoms with Crippen molar-refractivity contribution < 1.29 is 0 Å². The molecule has 1 aliphatic heterocycles. The summed E-state index contributed by atoms with van der Waals surface area (Å²) in [5, 5.41) is 0. The molecular formula is C6H9NS. The Morgan fingerprint density at radius 3 is 2.75 bits per heavy atom. The van der Waals surface area contributed by atoms with Gasteiger partial charge in [0.2, 0.25) is 0 Å². The molecule has 1 heterocycles. The molecule has 44 valence electrons. The summed E-state index contributed by atoms with van der Waals surface area (Å²) in [6.45, 7) is 1.23. The van der Waals surface area contributed by atoms with Crippen LogP contribution in [-0.4, -0.2) is 23.5 Å². The third kappa shape index (κ3) is 0.440. The van der Waals surface area contributed by atoms with Gasteiger partial charge in [-0.2, -0.15) is 0 Å². The first-order valence-electron chi connectivity index (χ1n) is 3.04. The second kappa shape index (κ2) is 1.24. The first kappa shape index (κ1) is 4.74. The van der Waals surface area contributed by atoms with Crippen LogP contribution in [-0.2, 0) is 0 Å². The molecule has 0 bridgehead atoms. The van der Waals surface area contributed by atoms with E-state index in [1.54, 1.807) is 0 Å². The predicted molar refractivity (Wildman–Crippen MR) is 36.8 cm³/mol. The van der Waals surface area contributed by atoms with Crippen LogP contribution in [0.15, 0.2) is 0 Å². The number of rotatable bonds is 0. The van der Waals surface area contributed by atoms with Crippen LogP contribution in [0, 0.1) is 11.8 Å². The van der Waals surface area contributed by atoms with E-state index in [1.807, 2.05) is 0 Å². The molecule has 1 saturated carbocycles. The number of thiocarbonyl (C=S) groups is 1. The Kier molecular flexibility index (Phi) is 0.734. The molecular weight excluding hydrogens is 118 g/mol. The fraction of sp³-hybridized carbons (Fsp3) is 0.833. The van der Waals surface area contributed by atoms with Crippen LogP contribution < -0.4 is 0 Å². The maximum atomic E-state index is 5.13. The number of likely N-dealkylation sites (tertiary alicyclic amines) is 1. The van der Waals surface area contributed by atoms with Gasteiger partial charge in [-0.1, -0.05) is 12.2 Å². The van der Waals surface area contributed by atoms with Crippen molar-refractivity contribution in [2.24, 2.45) is 11.8 Å². The third-order valence-corrected chi connectivity index (χ3v) is 2.74. The maximum Gasteiger partial charge on any atom is 0.0811 e. The van der Waals surface area contributed by atoms with Gasteiger partial charge in [-0.05, 0) is 12.3 Å². The van der Waals surface area contributed by atoms with Crippen LogP contribution in [0.1, 0.15) is 6.42 Å². The molecule has 1 nitrogen and oxygen atoms in total. The van der Waals surface area contributed by atoms with E-state index in [1.165, 1.54) is 18.0 Å². The van der Waals surface area contributed by atoms with E-state index in [0.29, 0.717) is 0 Å². The van der Waals surface area contributed by atoms with Crippen molar-refractivity contribution >= 4 is 17.2 Å². The molecule has 1 unspecified atom stereocenters. The molecule has 2 aliphatic rings. The number of hydrogen-bond donors (Lipinski definition) is 0. The lowest BCUT2D eigenvalue weighted by atomic mass is 10.4. The van der Waals surface area contributed by atoms with Crippen molar-refractivity contribution in [3.05, 3.63) is 0 Å². The summed E-state index contributed by atoms with van der Waals surface area (Å²) >= 11 is 5.13. The van der Waals surface area contributed by atoms with Crippen LogP contribution in [0.2, 0.25) is 0 Å². The minimum absolute atomic E-state index is 0.815. The Balaban J connectivity index is 2.19. The molecule has 0 amide bonds. The highest BCUT2D eigenvalue weighted by Gasteiger charge is 2.47. The van der Waals surface area contributed by atoms with Crippen molar-refractivity contribution in [3.63, 3.8) is 0 Å². The molecule has 0 N–H and O–H groups in total. The van der Waals surface area contributed by atoms with Crippen LogP contribution >= 0.6 is 12.2 Å². The average molecular weight is 127 g/mol. The summed E-state index contributed by atoms with van der Waals surface area (Å²) in [7, 11) is 2.09. The van der Waals surface area contributed by atoms with Gasteiger partial charge in [-0.25, -0.2) is 0 Å². The third-order valence-electron chi connectivity index (χ3n) is 2.12. The van der Waals surface area contributed by atoms with Gasteiger partial charge in [0, 0.05) is 19.5 Å². The van der Waals surface area contributed by atoms with E-state index < -0.39 is 0 Å². The van der Waals surface area contributed by atoms with Crippen LogP contribution in [0.3, 0.4) is 0 Å². The van der Waals surface area contributed by atoms with Crippen LogP contribution in [0.5, 0.6) is 0 Å². The predicted octanol–water partition coefficient (Wildman–Crippen LogP) is 0.895. The Labute approximate surface area is 54.7 Å². The molecule has 0 aromatic heterocycles. The summed E-state index contributed by atoms with van der Waals surface area (Å²) in [5.74, 6) is 1.77. The van der Waals surface area contributed by atoms with Crippen molar-refractivity contribution in [2.45, 2.75) is 6.42 Å². The number of fused-ring (bicyclic) bond motifs is 1. The zero-order chi connectivity index (χ0) is 5.72. The second-order valence-corrected chi connectivity index (χ2v) is 3.24. The normalized spacial score (nSPS) is 42.6. The van der Waals surface area contributed by atoms with Gasteiger partial charge in [0.1, 0.15) is 0 Å². The molecule has 2 fully saturated rings. The standard InChI is InChI=1S/C6H9NS/c1-7-3-4-2-5(4)6(7)8/h4-5H,2-3H2,1H3/t4?,5-/m0/s1. The SMILES string of the molecule is CN1CC2C[C@@H]2C1=S.